The third-order valence-electron chi connectivity index (χ3n) is 2.87. The molecule has 2 rings (SSSR count). The summed E-state index contributed by atoms with van der Waals surface area (Å²) in [7, 11) is 0. The second-order valence-electron chi connectivity index (χ2n) is 4.29. The van der Waals surface area contributed by atoms with E-state index >= 15 is 0 Å². The maximum atomic E-state index is 10.9. The minimum atomic E-state index is -0.852. The number of carboxylic acid groups (broad SMARTS) is 1. The van der Waals surface area contributed by atoms with Crippen molar-refractivity contribution in [3.8, 4) is 5.75 Å². The summed E-state index contributed by atoms with van der Waals surface area (Å²) in [5.41, 5.74) is 0.728. The number of aromatic hydroxyl groups is 1. The number of halogens is 1. The van der Waals surface area contributed by atoms with E-state index in [1.165, 1.54) is 11.3 Å². The van der Waals surface area contributed by atoms with Crippen LogP contribution in [0, 0.1) is 0 Å². The van der Waals surface area contributed by atoms with E-state index in [0.717, 1.165) is 10.4 Å². The molecule has 4 nitrogen and oxygen atoms in total. The maximum absolute atomic E-state index is 10.9. The number of aliphatic carboxylic acids is 1. The van der Waals surface area contributed by atoms with Gasteiger partial charge in [-0.2, -0.15) is 0 Å². The molecule has 0 radical (unpaired) electrons. The Morgan fingerprint density at radius 3 is 2.80 bits per heavy atom. The van der Waals surface area contributed by atoms with Crippen molar-refractivity contribution in [1.29, 1.82) is 0 Å². The van der Waals surface area contributed by atoms with Crippen molar-refractivity contribution in [2.24, 2.45) is 0 Å². The highest BCUT2D eigenvalue weighted by Crippen LogP contribution is 2.28. The van der Waals surface area contributed by atoms with E-state index in [0.29, 0.717) is 11.0 Å². The molecule has 0 aliphatic rings. The molecule has 0 aliphatic carbocycles. The minimum absolute atomic E-state index is 0.00920. The Morgan fingerprint density at radius 2 is 2.15 bits per heavy atom. The van der Waals surface area contributed by atoms with Crippen LogP contribution < -0.4 is 5.32 Å². The first kappa shape index (κ1) is 15.0. The van der Waals surface area contributed by atoms with Crippen LogP contribution in [0.25, 0.3) is 0 Å². The van der Waals surface area contributed by atoms with Crippen molar-refractivity contribution in [2.45, 2.75) is 19.0 Å². The number of para-hydroxylation sites is 1. The number of hydrogen-bond donors (Lipinski definition) is 3. The number of benzene rings is 1. The van der Waals surface area contributed by atoms with E-state index in [2.05, 4.69) is 21.2 Å². The average molecular weight is 356 g/mol. The summed E-state index contributed by atoms with van der Waals surface area (Å²) in [6, 6.07) is 8.94. The maximum Gasteiger partial charge on any atom is 0.305 e. The fraction of sp³-hybridized carbons (Fsp3) is 0.214. The molecule has 0 fully saturated rings. The molecule has 3 N–H and O–H groups in total. The van der Waals surface area contributed by atoms with Gasteiger partial charge in [-0.25, -0.2) is 0 Å². The predicted octanol–water partition coefficient (Wildman–Crippen LogP) is 3.52. The summed E-state index contributed by atoms with van der Waals surface area (Å²) in [4.78, 5) is 11.9. The Balaban J connectivity index is 2.09. The number of phenols is 1. The highest BCUT2D eigenvalue weighted by Gasteiger charge is 2.16. The summed E-state index contributed by atoms with van der Waals surface area (Å²) in [5.74, 6) is -0.672. The summed E-state index contributed by atoms with van der Waals surface area (Å²) in [6.07, 6.45) is 0.00920. The molecule has 106 valence electrons. The largest absolute Gasteiger partial charge is 0.506 e. The van der Waals surface area contributed by atoms with Gasteiger partial charge in [0.2, 0.25) is 0 Å². The zero-order valence-corrected chi connectivity index (χ0v) is 12.9. The van der Waals surface area contributed by atoms with Crippen LogP contribution in [0.1, 0.15) is 22.9 Å². The number of phenolic OH excluding ortho intramolecular Hbond substituents is 1. The second-order valence-corrected chi connectivity index (χ2v) is 6.13. The fourth-order valence-electron chi connectivity index (χ4n) is 1.87. The van der Waals surface area contributed by atoms with Crippen LogP contribution in [0.15, 0.2) is 40.2 Å². The van der Waals surface area contributed by atoms with Crippen LogP contribution in [-0.2, 0) is 11.3 Å². The molecule has 20 heavy (non-hydrogen) atoms. The van der Waals surface area contributed by atoms with Gasteiger partial charge < -0.3 is 15.5 Å². The lowest BCUT2D eigenvalue weighted by molar-refractivity contribution is -0.137. The van der Waals surface area contributed by atoms with Crippen molar-refractivity contribution in [3.05, 3.63) is 50.6 Å². The number of carbonyl (C=O) groups is 1. The first-order valence-corrected chi connectivity index (χ1v) is 7.70. The van der Waals surface area contributed by atoms with E-state index < -0.39 is 5.97 Å². The van der Waals surface area contributed by atoms with Crippen LogP contribution in [0.5, 0.6) is 5.75 Å². The molecule has 1 aromatic heterocycles. The van der Waals surface area contributed by atoms with Crippen LogP contribution in [0.2, 0.25) is 0 Å². The lowest BCUT2D eigenvalue weighted by Crippen LogP contribution is -2.22. The van der Waals surface area contributed by atoms with Gasteiger partial charge in [-0.1, -0.05) is 18.2 Å². The highest BCUT2D eigenvalue weighted by atomic mass is 79.9. The van der Waals surface area contributed by atoms with Crippen LogP contribution in [0.4, 0.5) is 0 Å². The summed E-state index contributed by atoms with van der Waals surface area (Å²) < 4.78 is 0.628. The molecule has 6 heteroatoms. The second kappa shape index (κ2) is 6.88. The Bertz CT molecular complexity index is 586. The Hall–Kier alpha value is -1.37. The van der Waals surface area contributed by atoms with E-state index in [4.69, 9.17) is 5.11 Å². The number of rotatable bonds is 6. The summed E-state index contributed by atoms with van der Waals surface area (Å²) in [6.45, 7) is 0.404. The number of hydrogen-bond acceptors (Lipinski definition) is 4. The van der Waals surface area contributed by atoms with Gasteiger partial charge in [0.15, 0.2) is 0 Å². The molecule has 2 aromatic rings. The van der Waals surface area contributed by atoms with Gasteiger partial charge in [-0.15, -0.1) is 11.3 Å². The zero-order chi connectivity index (χ0) is 14.5. The van der Waals surface area contributed by atoms with Gasteiger partial charge >= 0.3 is 5.97 Å². The lowest BCUT2D eigenvalue weighted by atomic mass is 10.1. The minimum Gasteiger partial charge on any atom is -0.506 e. The molecule has 1 atom stereocenters. The first-order valence-electron chi connectivity index (χ1n) is 6.03. The van der Waals surface area contributed by atoms with Gasteiger partial charge in [0.1, 0.15) is 5.75 Å². The topological polar surface area (TPSA) is 69.6 Å². The standard InChI is InChI=1S/C14H14BrNO3S/c15-10-4-1-3-9(14(10)19)8-16-11(7-13(17)18)12-5-2-6-20-12/h1-6,11,16,19H,7-8H2,(H,17,18). The summed E-state index contributed by atoms with van der Waals surface area (Å²) in [5, 5.41) is 24.0. The molecule has 1 heterocycles. The molecular formula is C14H14BrNO3S. The third-order valence-corrected chi connectivity index (χ3v) is 4.50. The SMILES string of the molecule is O=C(O)CC(NCc1cccc(Br)c1O)c1cccs1. The molecule has 0 amide bonds. The first-order chi connectivity index (χ1) is 9.58. The van der Waals surface area contributed by atoms with Crippen molar-refractivity contribution in [2.75, 3.05) is 0 Å². The normalized spacial score (nSPS) is 12.2. The molecule has 0 bridgehead atoms. The predicted molar refractivity (Wildman–Crippen MR) is 82.0 cm³/mol. The highest BCUT2D eigenvalue weighted by molar-refractivity contribution is 9.10. The Labute approximate surface area is 129 Å². The van der Waals surface area contributed by atoms with Crippen LogP contribution in [-0.4, -0.2) is 16.2 Å². The van der Waals surface area contributed by atoms with Crippen molar-refractivity contribution in [3.63, 3.8) is 0 Å². The van der Waals surface area contributed by atoms with Gasteiger partial charge in [0.25, 0.3) is 0 Å². The lowest BCUT2D eigenvalue weighted by Gasteiger charge is -2.16. The third kappa shape index (κ3) is 3.82. The van der Waals surface area contributed by atoms with Crippen molar-refractivity contribution in [1.82, 2.24) is 5.32 Å². The molecular weight excluding hydrogens is 342 g/mol. The average Bonchev–Trinajstić information content (AvgIpc) is 2.92. The smallest absolute Gasteiger partial charge is 0.305 e. The molecule has 0 saturated carbocycles. The molecule has 0 aliphatic heterocycles. The molecule has 1 unspecified atom stereocenters. The zero-order valence-electron chi connectivity index (χ0n) is 10.5. The van der Waals surface area contributed by atoms with E-state index in [9.17, 15) is 9.90 Å². The molecule has 0 spiro atoms. The molecule has 0 saturated heterocycles. The number of carboxylic acids is 1. The molecule has 1 aromatic carbocycles. The van der Waals surface area contributed by atoms with E-state index in [1.54, 1.807) is 12.1 Å². The van der Waals surface area contributed by atoms with Gasteiger partial charge in [-0.3, -0.25) is 4.79 Å². The number of nitrogens with one attached hydrogen (secondary N) is 1. The Kier molecular flexibility index (Phi) is 5.17. The fourth-order valence-corrected chi connectivity index (χ4v) is 3.08. The van der Waals surface area contributed by atoms with E-state index in [1.807, 2.05) is 23.6 Å². The van der Waals surface area contributed by atoms with Gasteiger partial charge in [0, 0.05) is 17.0 Å². The monoisotopic (exact) mass is 355 g/mol. The van der Waals surface area contributed by atoms with Crippen LogP contribution >= 0.6 is 27.3 Å². The summed E-state index contributed by atoms with van der Waals surface area (Å²) >= 11 is 4.78. The number of thiophene rings is 1. The van der Waals surface area contributed by atoms with Gasteiger partial charge in [-0.05, 0) is 33.4 Å². The van der Waals surface area contributed by atoms with Gasteiger partial charge in [0.05, 0.1) is 16.9 Å². The quantitative estimate of drug-likeness (QED) is 0.741. The van der Waals surface area contributed by atoms with E-state index in [-0.39, 0.29) is 18.2 Å². The van der Waals surface area contributed by atoms with Crippen LogP contribution in [0.3, 0.4) is 0 Å². The van der Waals surface area contributed by atoms with Crippen molar-refractivity contribution < 1.29 is 15.0 Å². The van der Waals surface area contributed by atoms with Crippen molar-refractivity contribution >= 4 is 33.2 Å². The Morgan fingerprint density at radius 1 is 1.35 bits per heavy atom.